The lowest BCUT2D eigenvalue weighted by molar-refractivity contribution is -0.140. The summed E-state index contributed by atoms with van der Waals surface area (Å²) >= 11 is 0. The molecule has 3 aromatic rings. The molecule has 0 radical (unpaired) electrons. The van der Waals surface area contributed by atoms with Crippen LogP contribution in [0.3, 0.4) is 0 Å². The molecule has 0 bridgehead atoms. The molecule has 2 heterocycles. The van der Waals surface area contributed by atoms with Gasteiger partial charge in [0.25, 0.3) is 5.91 Å². The first kappa shape index (κ1) is 25.8. The van der Waals surface area contributed by atoms with Crippen LogP contribution in [0.1, 0.15) is 59.6 Å². The molecule has 1 aliphatic carbocycles. The number of ether oxygens (including phenoxy) is 1. The van der Waals surface area contributed by atoms with E-state index in [1.165, 1.54) is 38.4 Å². The summed E-state index contributed by atoms with van der Waals surface area (Å²) in [7, 11) is -0.794. The molecule has 0 spiro atoms. The van der Waals surface area contributed by atoms with E-state index >= 15 is 0 Å². The van der Waals surface area contributed by atoms with Crippen LogP contribution in [0, 0.1) is 5.82 Å². The molecule has 0 aliphatic heterocycles. The SMILES string of the molecule is CNC(=O)c1c(-c2ccc(F)cc2)oc2nc(CNS(=O)(=O)CCCCC(=O)OC)c(C3CC3)cc12. The predicted octanol–water partition coefficient (Wildman–Crippen LogP) is 3.63. The van der Waals surface area contributed by atoms with Crippen LogP contribution in [0.25, 0.3) is 22.4 Å². The normalized spacial score (nSPS) is 13.6. The van der Waals surface area contributed by atoms with Gasteiger partial charge in [-0.2, -0.15) is 0 Å². The van der Waals surface area contributed by atoms with Crippen molar-refractivity contribution >= 4 is 33.0 Å². The van der Waals surface area contributed by atoms with E-state index in [0.717, 1.165) is 18.4 Å². The summed E-state index contributed by atoms with van der Waals surface area (Å²) in [5.74, 6) is -0.782. The molecule has 11 heteroatoms. The maximum atomic E-state index is 13.5. The topological polar surface area (TPSA) is 128 Å². The molecule has 9 nitrogen and oxygen atoms in total. The summed E-state index contributed by atoms with van der Waals surface area (Å²) in [4.78, 5) is 28.6. The fourth-order valence-electron chi connectivity index (χ4n) is 4.03. The molecule has 1 amide bonds. The van der Waals surface area contributed by atoms with Gasteiger partial charge in [-0.05, 0) is 67.5 Å². The van der Waals surface area contributed by atoms with E-state index in [4.69, 9.17) is 4.42 Å². The number of carbonyl (C=O) groups excluding carboxylic acids is 2. The van der Waals surface area contributed by atoms with E-state index < -0.39 is 15.8 Å². The number of pyridine rings is 1. The number of nitrogens with one attached hydrogen (secondary N) is 2. The highest BCUT2D eigenvalue weighted by molar-refractivity contribution is 7.89. The highest BCUT2D eigenvalue weighted by Gasteiger charge is 2.30. The highest BCUT2D eigenvalue weighted by Crippen LogP contribution is 2.44. The second-order valence-electron chi connectivity index (χ2n) is 8.72. The first-order valence-corrected chi connectivity index (χ1v) is 13.4. The molecule has 0 saturated heterocycles. The van der Waals surface area contributed by atoms with E-state index in [9.17, 15) is 22.4 Å². The summed E-state index contributed by atoms with van der Waals surface area (Å²) in [6, 6.07) is 7.46. The molecule has 1 aliphatic rings. The van der Waals surface area contributed by atoms with Gasteiger partial charge in [-0.15, -0.1) is 0 Å². The van der Waals surface area contributed by atoms with Crippen molar-refractivity contribution in [1.29, 1.82) is 0 Å². The largest absolute Gasteiger partial charge is 0.469 e. The Labute approximate surface area is 208 Å². The van der Waals surface area contributed by atoms with Crippen molar-refractivity contribution in [3.05, 3.63) is 53.0 Å². The van der Waals surface area contributed by atoms with Gasteiger partial charge < -0.3 is 14.5 Å². The van der Waals surface area contributed by atoms with Crippen LogP contribution < -0.4 is 10.0 Å². The summed E-state index contributed by atoms with van der Waals surface area (Å²) < 4.78 is 51.6. The Balaban J connectivity index is 1.62. The number of aromatic nitrogens is 1. The molecule has 36 heavy (non-hydrogen) atoms. The Morgan fingerprint density at radius 1 is 1.19 bits per heavy atom. The molecule has 0 atom stereocenters. The minimum absolute atomic E-state index is 0.0248. The number of rotatable bonds is 11. The Kier molecular flexibility index (Phi) is 7.70. The fourth-order valence-corrected chi connectivity index (χ4v) is 5.12. The Hall–Kier alpha value is -3.31. The predicted molar refractivity (Wildman–Crippen MR) is 131 cm³/mol. The second-order valence-corrected chi connectivity index (χ2v) is 10.6. The number of hydrogen-bond donors (Lipinski definition) is 2. The lowest BCUT2D eigenvalue weighted by atomic mass is 10.0. The van der Waals surface area contributed by atoms with E-state index in [0.29, 0.717) is 35.0 Å². The zero-order valence-electron chi connectivity index (χ0n) is 20.1. The van der Waals surface area contributed by atoms with Crippen LogP contribution in [0.15, 0.2) is 34.7 Å². The first-order chi connectivity index (χ1) is 17.2. The maximum absolute atomic E-state index is 13.5. The van der Waals surface area contributed by atoms with Gasteiger partial charge in [0, 0.05) is 19.0 Å². The van der Waals surface area contributed by atoms with Crippen LogP contribution >= 0.6 is 0 Å². The number of methoxy groups -OCH3 is 1. The number of amides is 1. The first-order valence-electron chi connectivity index (χ1n) is 11.7. The number of hydrogen-bond acceptors (Lipinski definition) is 7. The summed E-state index contributed by atoms with van der Waals surface area (Å²) in [5, 5.41) is 3.14. The van der Waals surface area contributed by atoms with Crippen LogP contribution in [0.2, 0.25) is 0 Å². The van der Waals surface area contributed by atoms with Crippen LogP contribution in [0.5, 0.6) is 0 Å². The summed E-state index contributed by atoms with van der Waals surface area (Å²) in [6.45, 7) is -0.0248. The Morgan fingerprint density at radius 2 is 1.92 bits per heavy atom. The van der Waals surface area contributed by atoms with Gasteiger partial charge >= 0.3 is 5.97 Å². The molecule has 2 aromatic heterocycles. The van der Waals surface area contributed by atoms with E-state index in [-0.39, 0.29) is 48.0 Å². The van der Waals surface area contributed by atoms with Gasteiger partial charge in [-0.3, -0.25) is 9.59 Å². The number of halogens is 1. The molecule has 192 valence electrons. The number of sulfonamides is 1. The Bertz CT molecular complexity index is 1380. The summed E-state index contributed by atoms with van der Waals surface area (Å²) in [6.07, 6.45) is 2.78. The number of esters is 1. The molecular formula is C25H28FN3O6S. The lowest BCUT2D eigenvalue weighted by Crippen LogP contribution is -2.27. The maximum Gasteiger partial charge on any atom is 0.305 e. The van der Waals surface area contributed by atoms with Crippen molar-refractivity contribution < 1.29 is 31.6 Å². The van der Waals surface area contributed by atoms with Crippen LogP contribution in [0.4, 0.5) is 4.39 Å². The third kappa shape index (κ3) is 5.90. The zero-order chi connectivity index (χ0) is 25.9. The quantitative estimate of drug-likeness (QED) is 0.294. The van der Waals surface area contributed by atoms with E-state index in [1.807, 2.05) is 6.07 Å². The van der Waals surface area contributed by atoms with Crippen molar-refractivity contribution in [2.45, 2.75) is 44.6 Å². The van der Waals surface area contributed by atoms with Crippen LogP contribution in [-0.4, -0.2) is 45.2 Å². The molecule has 1 saturated carbocycles. The minimum atomic E-state index is -3.60. The number of carbonyl (C=O) groups is 2. The van der Waals surface area contributed by atoms with Crippen molar-refractivity contribution in [1.82, 2.24) is 15.0 Å². The van der Waals surface area contributed by atoms with E-state index in [1.54, 1.807) is 0 Å². The van der Waals surface area contributed by atoms with Crippen molar-refractivity contribution in [3.63, 3.8) is 0 Å². The second kappa shape index (κ2) is 10.8. The van der Waals surface area contributed by atoms with Gasteiger partial charge in [-0.25, -0.2) is 22.5 Å². The summed E-state index contributed by atoms with van der Waals surface area (Å²) in [5.41, 5.74) is 2.42. The fraction of sp³-hybridized carbons (Fsp3) is 0.400. The van der Waals surface area contributed by atoms with E-state index in [2.05, 4.69) is 19.8 Å². The molecule has 4 rings (SSSR count). The molecule has 2 N–H and O–H groups in total. The van der Waals surface area contributed by atoms with Gasteiger partial charge in [-0.1, -0.05) is 0 Å². The molecular weight excluding hydrogens is 489 g/mol. The highest BCUT2D eigenvalue weighted by atomic mass is 32.2. The molecule has 1 fully saturated rings. The van der Waals surface area contributed by atoms with Crippen molar-refractivity contribution in [2.24, 2.45) is 0 Å². The molecule has 0 unspecified atom stereocenters. The number of unbranched alkanes of at least 4 members (excludes halogenated alkanes) is 1. The van der Waals surface area contributed by atoms with Gasteiger partial charge in [0.1, 0.15) is 11.6 Å². The number of nitrogens with zero attached hydrogens (tertiary/aromatic N) is 1. The monoisotopic (exact) mass is 517 g/mol. The van der Waals surface area contributed by atoms with Gasteiger partial charge in [0.2, 0.25) is 15.7 Å². The number of benzene rings is 1. The van der Waals surface area contributed by atoms with Gasteiger partial charge in [0.15, 0.2) is 0 Å². The van der Waals surface area contributed by atoms with Crippen molar-refractivity contribution in [2.75, 3.05) is 19.9 Å². The number of fused-ring (bicyclic) bond motifs is 1. The van der Waals surface area contributed by atoms with Gasteiger partial charge in [0.05, 0.1) is 36.1 Å². The Morgan fingerprint density at radius 3 is 2.56 bits per heavy atom. The average Bonchev–Trinajstić information content (AvgIpc) is 3.65. The van der Waals surface area contributed by atoms with Crippen LogP contribution in [-0.2, 0) is 26.1 Å². The lowest BCUT2D eigenvalue weighted by Gasteiger charge is -2.10. The third-order valence-electron chi connectivity index (χ3n) is 6.10. The minimum Gasteiger partial charge on any atom is -0.469 e. The smallest absolute Gasteiger partial charge is 0.305 e. The molecule has 1 aromatic carbocycles. The number of furan rings is 1. The third-order valence-corrected chi connectivity index (χ3v) is 7.51. The zero-order valence-corrected chi connectivity index (χ0v) is 20.9. The van der Waals surface area contributed by atoms with Crippen molar-refractivity contribution in [3.8, 4) is 11.3 Å². The standard InChI is InChI=1S/C25H28FN3O6S/c1-27-24(31)22-19-13-18(15-6-7-15)20(14-28-36(32,33)12-4-3-5-21(30)34-2)29-25(19)35-23(22)16-8-10-17(26)11-9-16/h8-11,13,15,28H,3-7,12,14H2,1-2H3,(H,27,31). The average molecular weight is 518 g/mol.